The lowest BCUT2D eigenvalue weighted by Crippen LogP contribution is -2.12. The van der Waals surface area contributed by atoms with E-state index in [-0.39, 0.29) is 4.90 Å². The van der Waals surface area contributed by atoms with Crippen molar-refractivity contribution in [1.82, 2.24) is 9.97 Å². The van der Waals surface area contributed by atoms with Gasteiger partial charge in [0, 0.05) is 0 Å². The summed E-state index contributed by atoms with van der Waals surface area (Å²) in [5, 5.41) is 2.22. The first-order valence-corrected chi connectivity index (χ1v) is 10.9. The molecule has 128 valence electrons. The number of aromatic nitrogens is 2. The Morgan fingerprint density at radius 2 is 1.81 bits per heavy atom. The molecule has 0 radical (unpaired) electrons. The van der Waals surface area contributed by atoms with Crippen LogP contribution >= 0.6 is 22.7 Å². The number of hydrogen-bond donors (Lipinski definition) is 1. The van der Waals surface area contributed by atoms with Crippen molar-refractivity contribution in [3.8, 4) is 0 Å². The van der Waals surface area contributed by atoms with Gasteiger partial charge < -0.3 is 0 Å². The molecule has 0 bridgehead atoms. The highest BCUT2D eigenvalue weighted by Crippen LogP contribution is 2.34. The Kier molecular flexibility index (Phi) is 3.46. The van der Waals surface area contributed by atoms with Crippen LogP contribution < -0.4 is 4.72 Å². The number of fused-ring (bicyclic) bond motifs is 4. The lowest BCUT2D eigenvalue weighted by molar-refractivity contribution is 0.601. The molecule has 2 heterocycles. The fourth-order valence-electron chi connectivity index (χ4n) is 2.87. The molecule has 5 aromatic rings. The van der Waals surface area contributed by atoms with Crippen LogP contribution in [0.3, 0.4) is 0 Å². The zero-order valence-electron chi connectivity index (χ0n) is 13.2. The topological polar surface area (TPSA) is 72.0 Å². The van der Waals surface area contributed by atoms with Gasteiger partial charge in [-0.05, 0) is 35.0 Å². The van der Waals surface area contributed by atoms with E-state index in [1.165, 1.54) is 11.3 Å². The second kappa shape index (κ2) is 5.73. The van der Waals surface area contributed by atoms with Crippen LogP contribution in [0.2, 0.25) is 0 Å². The van der Waals surface area contributed by atoms with Crippen molar-refractivity contribution in [3.63, 3.8) is 0 Å². The first-order chi connectivity index (χ1) is 12.6. The number of nitrogens with one attached hydrogen (secondary N) is 1. The van der Waals surface area contributed by atoms with Crippen LogP contribution in [-0.4, -0.2) is 18.4 Å². The molecule has 0 amide bonds. The molecule has 5 nitrogen and oxygen atoms in total. The summed E-state index contributed by atoms with van der Waals surface area (Å²) in [6.45, 7) is 0. The maximum Gasteiger partial charge on any atom is 0.263 e. The molecule has 0 aliphatic heterocycles. The molecule has 0 aliphatic carbocycles. The Morgan fingerprint density at radius 1 is 0.962 bits per heavy atom. The highest BCUT2D eigenvalue weighted by molar-refractivity contribution is 7.93. The fourth-order valence-corrected chi connectivity index (χ4v) is 5.85. The average molecular weight is 398 g/mol. The summed E-state index contributed by atoms with van der Waals surface area (Å²) in [5.41, 5.74) is 3.38. The van der Waals surface area contributed by atoms with Gasteiger partial charge in [-0.1, -0.05) is 41.7 Å². The Labute approximate surface area is 157 Å². The van der Waals surface area contributed by atoms with Crippen LogP contribution in [-0.2, 0) is 10.0 Å². The molecule has 0 spiro atoms. The van der Waals surface area contributed by atoms with E-state index in [9.17, 15) is 8.42 Å². The number of thiazole rings is 2. The van der Waals surface area contributed by atoms with Gasteiger partial charge in [0.1, 0.15) is 5.52 Å². The smallest absolute Gasteiger partial charge is 0.255 e. The van der Waals surface area contributed by atoms with Crippen LogP contribution in [0.25, 0.3) is 31.2 Å². The van der Waals surface area contributed by atoms with E-state index in [1.807, 2.05) is 36.4 Å². The van der Waals surface area contributed by atoms with E-state index in [2.05, 4.69) is 14.7 Å². The third-order valence-corrected chi connectivity index (χ3v) is 7.36. The summed E-state index contributed by atoms with van der Waals surface area (Å²) in [6, 6.07) is 16.6. The van der Waals surface area contributed by atoms with Gasteiger partial charge in [0.05, 0.1) is 25.3 Å². The average Bonchev–Trinajstić information content (AvgIpc) is 3.26. The molecule has 2 aromatic heterocycles. The van der Waals surface area contributed by atoms with Crippen LogP contribution in [0, 0.1) is 0 Å². The van der Waals surface area contributed by atoms with E-state index in [0.717, 1.165) is 31.2 Å². The van der Waals surface area contributed by atoms with Gasteiger partial charge in [0.25, 0.3) is 10.0 Å². The minimum Gasteiger partial charge on any atom is -0.255 e. The first-order valence-electron chi connectivity index (χ1n) is 7.74. The molecule has 0 fully saturated rings. The number of rotatable bonds is 3. The van der Waals surface area contributed by atoms with Crippen molar-refractivity contribution >= 4 is 69.0 Å². The zero-order valence-corrected chi connectivity index (χ0v) is 15.7. The monoisotopic (exact) mass is 397 g/mol. The lowest BCUT2D eigenvalue weighted by Gasteiger charge is -2.06. The van der Waals surface area contributed by atoms with Crippen molar-refractivity contribution in [2.45, 2.75) is 4.90 Å². The van der Waals surface area contributed by atoms with E-state index in [0.29, 0.717) is 5.13 Å². The summed E-state index contributed by atoms with van der Waals surface area (Å²) in [7, 11) is -3.71. The predicted molar refractivity (Wildman–Crippen MR) is 108 cm³/mol. The lowest BCUT2D eigenvalue weighted by atomic mass is 10.1. The van der Waals surface area contributed by atoms with Crippen molar-refractivity contribution in [2.24, 2.45) is 0 Å². The van der Waals surface area contributed by atoms with Crippen molar-refractivity contribution in [2.75, 3.05) is 4.72 Å². The second-order valence-electron chi connectivity index (χ2n) is 5.75. The largest absolute Gasteiger partial charge is 0.263 e. The van der Waals surface area contributed by atoms with Gasteiger partial charge in [-0.25, -0.2) is 18.4 Å². The predicted octanol–water partition coefficient (Wildman–Crippen LogP) is 4.86. The SMILES string of the molecule is O=S(=O)(Nc1nc2ccc3scnc3c2s1)c1ccc2ccccc2c1. The summed E-state index contributed by atoms with van der Waals surface area (Å²) in [4.78, 5) is 8.99. The minimum atomic E-state index is -3.71. The van der Waals surface area contributed by atoms with Gasteiger partial charge >= 0.3 is 0 Å². The minimum absolute atomic E-state index is 0.217. The Bertz CT molecular complexity index is 1390. The molecule has 0 atom stereocenters. The van der Waals surface area contributed by atoms with Gasteiger partial charge in [0.15, 0.2) is 5.13 Å². The molecule has 26 heavy (non-hydrogen) atoms. The Hall–Kier alpha value is -2.55. The quantitative estimate of drug-likeness (QED) is 0.472. The molecule has 0 saturated carbocycles. The van der Waals surface area contributed by atoms with Gasteiger partial charge in [-0.3, -0.25) is 4.72 Å². The fraction of sp³-hybridized carbons (Fsp3) is 0. The maximum absolute atomic E-state index is 12.8. The van der Waals surface area contributed by atoms with E-state index >= 15 is 0 Å². The van der Waals surface area contributed by atoms with E-state index in [1.54, 1.807) is 35.0 Å². The molecule has 0 saturated heterocycles. The first kappa shape index (κ1) is 15.7. The highest BCUT2D eigenvalue weighted by Gasteiger charge is 2.18. The van der Waals surface area contributed by atoms with Gasteiger partial charge in [0.2, 0.25) is 0 Å². The molecule has 0 aliphatic rings. The third-order valence-electron chi connectivity index (χ3n) is 4.11. The normalized spacial score (nSPS) is 12.2. The van der Waals surface area contributed by atoms with Gasteiger partial charge in [-0.2, -0.15) is 0 Å². The van der Waals surface area contributed by atoms with Crippen LogP contribution in [0.1, 0.15) is 0 Å². The second-order valence-corrected chi connectivity index (χ2v) is 9.31. The summed E-state index contributed by atoms with van der Waals surface area (Å²) in [5.74, 6) is 0. The molecule has 1 N–H and O–H groups in total. The Balaban J connectivity index is 1.57. The molecular formula is C18H11N3O2S3. The zero-order chi connectivity index (χ0) is 17.7. The van der Waals surface area contributed by atoms with E-state index in [4.69, 9.17) is 0 Å². The maximum atomic E-state index is 12.8. The number of hydrogen-bond acceptors (Lipinski definition) is 6. The number of sulfonamides is 1. The molecular weight excluding hydrogens is 386 g/mol. The Morgan fingerprint density at radius 3 is 2.69 bits per heavy atom. The molecule has 0 unspecified atom stereocenters. The number of benzene rings is 3. The number of anilines is 1. The third kappa shape index (κ3) is 2.54. The number of nitrogens with zero attached hydrogens (tertiary/aromatic N) is 2. The highest BCUT2D eigenvalue weighted by atomic mass is 32.2. The molecule has 3 aromatic carbocycles. The standard InChI is InChI=1S/C18H11N3O2S3/c22-26(23,13-6-5-11-3-1-2-4-12(11)9-13)21-18-20-14-7-8-15-16(17(14)25-18)19-10-24-15/h1-10H,(H,20,21). The van der Waals surface area contributed by atoms with E-state index < -0.39 is 10.0 Å². The van der Waals surface area contributed by atoms with Gasteiger partial charge in [-0.15, -0.1) is 11.3 Å². The van der Waals surface area contributed by atoms with Crippen LogP contribution in [0.5, 0.6) is 0 Å². The summed E-state index contributed by atoms with van der Waals surface area (Å²) >= 11 is 2.85. The molecule has 5 rings (SSSR count). The van der Waals surface area contributed by atoms with Crippen LogP contribution in [0.15, 0.2) is 65.0 Å². The summed E-state index contributed by atoms with van der Waals surface area (Å²) in [6.07, 6.45) is 0. The van der Waals surface area contributed by atoms with Crippen molar-refractivity contribution < 1.29 is 8.42 Å². The molecule has 8 heteroatoms. The summed E-state index contributed by atoms with van der Waals surface area (Å²) < 4.78 is 30.1. The van der Waals surface area contributed by atoms with Crippen LogP contribution in [0.4, 0.5) is 5.13 Å². The van der Waals surface area contributed by atoms with Crippen molar-refractivity contribution in [3.05, 3.63) is 60.1 Å². The van der Waals surface area contributed by atoms with Crippen molar-refractivity contribution in [1.29, 1.82) is 0 Å².